The molecule has 0 rings (SSSR count). The maximum absolute atomic E-state index is 5.04. The predicted molar refractivity (Wildman–Crippen MR) is 50.2 cm³/mol. The molecule has 0 radical (unpaired) electrons. The first-order valence-electron chi connectivity index (χ1n) is 4.53. The SMILES string of the molecule is CCC[C@@H](C)NCC(OC)OC. The summed E-state index contributed by atoms with van der Waals surface area (Å²) in [5, 5.41) is 3.34. The van der Waals surface area contributed by atoms with Gasteiger partial charge in [0.05, 0.1) is 0 Å². The van der Waals surface area contributed by atoms with Crippen LogP contribution >= 0.6 is 0 Å². The summed E-state index contributed by atoms with van der Waals surface area (Å²) in [7, 11) is 3.31. The molecule has 1 atom stereocenters. The Hall–Kier alpha value is -0.120. The lowest BCUT2D eigenvalue weighted by molar-refractivity contribution is -0.0997. The molecule has 74 valence electrons. The van der Waals surface area contributed by atoms with E-state index >= 15 is 0 Å². The third-order valence-electron chi connectivity index (χ3n) is 1.88. The largest absolute Gasteiger partial charge is 0.355 e. The van der Waals surface area contributed by atoms with Crippen molar-refractivity contribution in [2.45, 2.75) is 39.0 Å². The zero-order chi connectivity index (χ0) is 9.40. The van der Waals surface area contributed by atoms with Crippen molar-refractivity contribution >= 4 is 0 Å². The van der Waals surface area contributed by atoms with Crippen molar-refractivity contribution < 1.29 is 9.47 Å². The van der Waals surface area contributed by atoms with Crippen molar-refractivity contribution in [3.63, 3.8) is 0 Å². The zero-order valence-electron chi connectivity index (χ0n) is 8.59. The summed E-state index contributed by atoms with van der Waals surface area (Å²) in [4.78, 5) is 0. The number of hydrogen-bond acceptors (Lipinski definition) is 3. The maximum atomic E-state index is 5.04. The Morgan fingerprint density at radius 3 is 2.25 bits per heavy atom. The number of methoxy groups -OCH3 is 2. The fraction of sp³-hybridized carbons (Fsp3) is 1.00. The van der Waals surface area contributed by atoms with E-state index < -0.39 is 0 Å². The third kappa shape index (κ3) is 5.52. The van der Waals surface area contributed by atoms with Crippen LogP contribution in [0.3, 0.4) is 0 Å². The molecule has 0 aliphatic heterocycles. The lowest BCUT2D eigenvalue weighted by Gasteiger charge is -2.17. The molecular weight excluding hydrogens is 154 g/mol. The molecule has 0 fully saturated rings. The summed E-state index contributed by atoms with van der Waals surface area (Å²) in [5.41, 5.74) is 0. The van der Waals surface area contributed by atoms with E-state index in [-0.39, 0.29) is 6.29 Å². The highest BCUT2D eigenvalue weighted by Crippen LogP contribution is 1.96. The highest BCUT2D eigenvalue weighted by Gasteiger charge is 2.06. The summed E-state index contributed by atoms with van der Waals surface area (Å²) >= 11 is 0. The van der Waals surface area contributed by atoms with E-state index in [0.717, 1.165) is 6.54 Å². The number of nitrogens with one attached hydrogen (secondary N) is 1. The van der Waals surface area contributed by atoms with E-state index in [1.54, 1.807) is 14.2 Å². The van der Waals surface area contributed by atoms with Gasteiger partial charge in [0.25, 0.3) is 0 Å². The van der Waals surface area contributed by atoms with Gasteiger partial charge >= 0.3 is 0 Å². The minimum atomic E-state index is -0.121. The van der Waals surface area contributed by atoms with Gasteiger partial charge in [-0.05, 0) is 13.3 Å². The minimum absolute atomic E-state index is 0.121. The third-order valence-corrected chi connectivity index (χ3v) is 1.88. The van der Waals surface area contributed by atoms with Crippen LogP contribution in [0.4, 0.5) is 0 Å². The first kappa shape index (κ1) is 11.9. The lowest BCUT2D eigenvalue weighted by atomic mass is 10.2. The molecule has 0 spiro atoms. The van der Waals surface area contributed by atoms with Gasteiger partial charge in [-0.1, -0.05) is 13.3 Å². The average molecular weight is 175 g/mol. The Bertz CT molecular complexity index is 94.5. The van der Waals surface area contributed by atoms with Crippen LogP contribution in [0, 0.1) is 0 Å². The Morgan fingerprint density at radius 2 is 1.83 bits per heavy atom. The van der Waals surface area contributed by atoms with Crippen LogP contribution in [0.25, 0.3) is 0 Å². The number of hydrogen-bond donors (Lipinski definition) is 1. The van der Waals surface area contributed by atoms with Gasteiger partial charge < -0.3 is 14.8 Å². The van der Waals surface area contributed by atoms with Gasteiger partial charge in [0.2, 0.25) is 0 Å². The molecule has 0 aliphatic carbocycles. The van der Waals surface area contributed by atoms with E-state index in [0.29, 0.717) is 6.04 Å². The normalized spacial score (nSPS) is 13.8. The Kier molecular flexibility index (Phi) is 7.45. The van der Waals surface area contributed by atoms with Crippen molar-refractivity contribution in [3.8, 4) is 0 Å². The van der Waals surface area contributed by atoms with Crippen LogP contribution in [0.2, 0.25) is 0 Å². The molecule has 0 aromatic rings. The molecule has 0 heterocycles. The van der Waals surface area contributed by atoms with Crippen LogP contribution in [0.1, 0.15) is 26.7 Å². The molecule has 0 saturated heterocycles. The Morgan fingerprint density at radius 1 is 1.25 bits per heavy atom. The van der Waals surface area contributed by atoms with Crippen LogP contribution in [0.15, 0.2) is 0 Å². The topological polar surface area (TPSA) is 30.5 Å². The maximum Gasteiger partial charge on any atom is 0.169 e. The molecule has 0 aliphatic rings. The monoisotopic (exact) mass is 175 g/mol. The van der Waals surface area contributed by atoms with Gasteiger partial charge in [-0.25, -0.2) is 0 Å². The van der Waals surface area contributed by atoms with Gasteiger partial charge in [-0.15, -0.1) is 0 Å². The molecule has 0 aromatic carbocycles. The molecule has 3 heteroatoms. The Balaban J connectivity index is 3.37. The zero-order valence-corrected chi connectivity index (χ0v) is 8.59. The van der Waals surface area contributed by atoms with E-state index in [2.05, 4.69) is 19.2 Å². The van der Waals surface area contributed by atoms with Crippen molar-refractivity contribution in [3.05, 3.63) is 0 Å². The second-order valence-electron chi connectivity index (χ2n) is 3.00. The fourth-order valence-electron chi connectivity index (χ4n) is 1.10. The molecule has 3 nitrogen and oxygen atoms in total. The van der Waals surface area contributed by atoms with Gasteiger partial charge in [0, 0.05) is 26.8 Å². The fourth-order valence-corrected chi connectivity index (χ4v) is 1.10. The van der Waals surface area contributed by atoms with E-state index in [1.807, 2.05) is 0 Å². The van der Waals surface area contributed by atoms with Crippen LogP contribution in [-0.2, 0) is 9.47 Å². The summed E-state index contributed by atoms with van der Waals surface area (Å²) in [6.45, 7) is 5.11. The van der Waals surface area contributed by atoms with E-state index in [4.69, 9.17) is 9.47 Å². The Labute approximate surface area is 75.4 Å². The molecule has 1 N–H and O–H groups in total. The second-order valence-corrected chi connectivity index (χ2v) is 3.00. The molecular formula is C9H21NO2. The molecule has 0 unspecified atom stereocenters. The predicted octanol–water partition coefficient (Wildman–Crippen LogP) is 1.38. The van der Waals surface area contributed by atoms with Gasteiger partial charge in [0.1, 0.15) is 0 Å². The minimum Gasteiger partial charge on any atom is -0.355 e. The molecule has 0 aromatic heterocycles. The quantitative estimate of drug-likeness (QED) is 0.593. The average Bonchev–Trinajstić information content (AvgIpc) is 2.07. The van der Waals surface area contributed by atoms with Crippen LogP contribution in [-0.4, -0.2) is 33.1 Å². The van der Waals surface area contributed by atoms with Gasteiger partial charge in [-0.3, -0.25) is 0 Å². The van der Waals surface area contributed by atoms with Crippen molar-refractivity contribution in [2.75, 3.05) is 20.8 Å². The lowest BCUT2D eigenvalue weighted by Crippen LogP contribution is -2.35. The number of ether oxygens (including phenoxy) is 2. The first-order chi connectivity index (χ1) is 5.74. The van der Waals surface area contributed by atoms with Crippen LogP contribution < -0.4 is 5.32 Å². The van der Waals surface area contributed by atoms with Crippen LogP contribution in [0.5, 0.6) is 0 Å². The number of rotatable bonds is 7. The van der Waals surface area contributed by atoms with Gasteiger partial charge in [0.15, 0.2) is 6.29 Å². The molecule has 12 heavy (non-hydrogen) atoms. The van der Waals surface area contributed by atoms with Crippen molar-refractivity contribution in [1.82, 2.24) is 5.32 Å². The van der Waals surface area contributed by atoms with E-state index in [1.165, 1.54) is 12.8 Å². The van der Waals surface area contributed by atoms with Crippen molar-refractivity contribution in [1.29, 1.82) is 0 Å². The van der Waals surface area contributed by atoms with E-state index in [9.17, 15) is 0 Å². The summed E-state index contributed by atoms with van der Waals surface area (Å²) < 4.78 is 10.1. The summed E-state index contributed by atoms with van der Waals surface area (Å²) in [6.07, 6.45) is 2.28. The first-order valence-corrected chi connectivity index (χ1v) is 4.53. The highest BCUT2D eigenvalue weighted by atomic mass is 16.7. The second kappa shape index (κ2) is 7.53. The molecule has 0 saturated carbocycles. The summed E-state index contributed by atoms with van der Waals surface area (Å²) in [6, 6.07) is 0.544. The smallest absolute Gasteiger partial charge is 0.169 e. The highest BCUT2D eigenvalue weighted by molar-refractivity contribution is 4.60. The standard InChI is InChI=1S/C9H21NO2/c1-5-6-8(2)10-7-9(11-3)12-4/h8-10H,5-7H2,1-4H3/t8-/m1/s1. The van der Waals surface area contributed by atoms with Gasteiger partial charge in [-0.2, -0.15) is 0 Å². The van der Waals surface area contributed by atoms with Crippen molar-refractivity contribution in [2.24, 2.45) is 0 Å². The summed E-state index contributed by atoms with van der Waals surface area (Å²) in [5.74, 6) is 0. The molecule has 0 amide bonds. The molecule has 0 bridgehead atoms.